The quantitative estimate of drug-likeness (QED) is 0.783. The zero-order chi connectivity index (χ0) is 16.3. The van der Waals surface area contributed by atoms with Crippen molar-refractivity contribution in [1.82, 2.24) is 9.55 Å². The number of hydrogen-bond acceptors (Lipinski definition) is 3. The van der Waals surface area contributed by atoms with E-state index in [-0.39, 0.29) is 0 Å². The van der Waals surface area contributed by atoms with Crippen LogP contribution in [0.4, 0.5) is 0 Å². The molecule has 0 saturated carbocycles. The summed E-state index contributed by atoms with van der Waals surface area (Å²) in [5, 5.41) is 0. The van der Waals surface area contributed by atoms with E-state index in [0.29, 0.717) is 4.90 Å². The van der Waals surface area contributed by atoms with Crippen molar-refractivity contribution < 1.29 is 8.42 Å². The molecule has 122 valence electrons. The fraction of sp³-hybridized carbons (Fsp3) is 0.389. The Morgan fingerprint density at radius 2 is 1.96 bits per heavy atom. The molecule has 0 atom stereocenters. The van der Waals surface area contributed by atoms with E-state index < -0.39 is 9.84 Å². The summed E-state index contributed by atoms with van der Waals surface area (Å²) >= 11 is 0. The molecule has 0 fully saturated rings. The summed E-state index contributed by atoms with van der Waals surface area (Å²) in [5.74, 6) is 0.890. The summed E-state index contributed by atoms with van der Waals surface area (Å²) in [6, 6.07) is 6.95. The van der Waals surface area contributed by atoms with Gasteiger partial charge in [0.15, 0.2) is 9.84 Å². The maximum atomic E-state index is 11.5. The standard InChI is InChI=1S/C18H22N2O2S/c1-23(21,22)17-9-7-16(8-10-17)18-19-12-14-20(18)13-11-15-5-3-2-4-6-15/h5,7-10,12,14H,2-4,6,11,13H2,1H3. The van der Waals surface area contributed by atoms with Crippen LogP contribution in [0, 0.1) is 0 Å². The van der Waals surface area contributed by atoms with E-state index in [0.717, 1.165) is 24.4 Å². The lowest BCUT2D eigenvalue weighted by molar-refractivity contribution is 0.602. The number of allylic oxidation sites excluding steroid dienone is 2. The van der Waals surface area contributed by atoms with Gasteiger partial charge in [-0.05, 0) is 56.4 Å². The van der Waals surface area contributed by atoms with Gasteiger partial charge in [-0.15, -0.1) is 0 Å². The third kappa shape index (κ3) is 3.91. The fourth-order valence-electron chi connectivity index (χ4n) is 3.00. The Kier molecular flexibility index (Phi) is 4.66. The maximum absolute atomic E-state index is 11.5. The number of rotatable bonds is 5. The zero-order valence-electron chi connectivity index (χ0n) is 13.4. The van der Waals surface area contributed by atoms with E-state index in [1.807, 2.05) is 18.3 Å². The van der Waals surface area contributed by atoms with Gasteiger partial charge in [-0.1, -0.05) is 11.6 Å². The number of imidazole rings is 1. The molecule has 1 aromatic carbocycles. The summed E-state index contributed by atoms with van der Waals surface area (Å²) in [5.41, 5.74) is 2.49. The molecule has 0 radical (unpaired) electrons. The monoisotopic (exact) mass is 330 g/mol. The number of aromatic nitrogens is 2. The van der Waals surface area contributed by atoms with Crippen molar-refractivity contribution in [3.8, 4) is 11.4 Å². The van der Waals surface area contributed by atoms with Crippen LogP contribution in [0.2, 0.25) is 0 Å². The van der Waals surface area contributed by atoms with Crippen molar-refractivity contribution in [2.75, 3.05) is 6.26 Å². The van der Waals surface area contributed by atoms with Gasteiger partial charge in [-0.3, -0.25) is 0 Å². The molecule has 23 heavy (non-hydrogen) atoms. The van der Waals surface area contributed by atoms with E-state index in [2.05, 4.69) is 15.6 Å². The smallest absolute Gasteiger partial charge is 0.175 e. The van der Waals surface area contributed by atoms with Crippen LogP contribution in [0.5, 0.6) is 0 Å². The van der Waals surface area contributed by atoms with Gasteiger partial charge in [0.2, 0.25) is 0 Å². The van der Waals surface area contributed by atoms with Gasteiger partial charge in [-0.25, -0.2) is 13.4 Å². The molecule has 1 heterocycles. The SMILES string of the molecule is CS(=O)(=O)c1ccc(-c2nccn2CCC2=CCCCC2)cc1. The molecule has 0 bridgehead atoms. The van der Waals surface area contributed by atoms with E-state index in [1.165, 1.54) is 31.9 Å². The molecule has 1 aliphatic rings. The Bertz CT molecular complexity index is 802. The lowest BCUT2D eigenvalue weighted by Crippen LogP contribution is -2.03. The van der Waals surface area contributed by atoms with Gasteiger partial charge in [0, 0.05) is 30.8 Å². The van der Waals surface area contributed by atoms with Gasteiger partial charge in [-0.2, -0.15) is 0 Å². The highest BCUT2D eigenvalue weighted by atomic mass is 32.2. The van der Waals surface area contributed by atoms with Crippen molar-refractivity contribution in [3.05, 3.63) is 48.3 Å². The van der Waals surface area contributed by atoms with E-state index >= 15 is 0 Å². The minimum absolute atomic E-state index is 0.340. The summed E-state index contributed by atoms with van der Waals surface area (Å²) in [4.78, 5) is 4.78. The molecule has 3 rings (SSSR count). The number of aryl methyl sites for hydroxylation is 1. The Morgan fingerprint density at radius 1 is 1.17 bits per heavy atom. The fourth-order valence-corrected chi connectivity index (χ4v) is 3.63. The highest BCUT2D eigenvalue weighted by molar-refractivity contribution is 7.90. The summed E-state index contributed by atoms with van der Waals surface area (Å²) in [7, 11) is -3.16. The second-order valence-electron chi connectivity index (χ2n) is 6.10. The normalized spacial score (nSPS) is 15.4. The topological polar surface area (TPSA) is 52.0 Å². The minimum atomic E-state index is -3.16. The zero-order valence-corrected chi connectivity index (χ0v) is 14.2. The maximum Gasteiger partial charge on any atom is 0.175 e. The molecule has 0 unspecified atom stereocenters. The highest BCUT2D eigenvalue weighted by Crippen LogP contribution is 2.23. The molecule has 5 heteroatoms. The third-order valence-corrected chi connectivity index (χ3v) is 5.44. The van der Waals surface area contributed by atoms with Crippen LogP contribution >= 0.6 is 0 Å². The predicted molar refractivity (Wildman–Crippen MR) is 91.9 cm³/mol. The van der Waals surface area contributed by atoms with Crippen LogP contribution < -0.4 is 0 Å². The van der Waals surface area contributed by atoms with Crippen LogP contribution in [0.1, 0.15) is 32.1 Å². The molecule has 2 aromatic rings. The first kappa shape index (κ1) is 16.0. The highest BCUT2D eigenvalue weighted by Gasteiger charge is 2.11. The summed E-state index contributed by atoms with van der Waals surface area (Å²) in [6.45, 7) is 0.912. The van der Waals surface area contributed by atoms with Crippen LogP contribution in [-0.2, 0) is 16.4 Å². The van der Waals surface area contributed by atoms with Crippen LogP contribution in [0.25, 0.3) is 11.4 Å². The van der Waals surface area contributed by atoms with Crippen molar-refractivity contribution in [3.63, 3.8) is 0 Å². The second kappa shape index (κ2) is 6.71. The first-order chi connectivity index (χ1) is 11.0. The lowest BCUT2D eigenvalue weighted by atomic mass is 9.97. The van der Waals surface area contributed by atoms with Crippen molar-refractivity contribution >= 4 is 9.84 Å². The Morgan fingerprint density at radius 3 is 2.61 bits per heavy atom. The Labute approximate surface area is 137 Å². The minimum Gasteiger partial charge on any atom is -0.331 e. The predicted octanol–water partition coefficient (Wildman–Crippen LogP) is 3.84. The molecule has 0 aliphatic heterocycles. The van der Waals surface area contributed by atoms with E-state index in [4.69, 9.17) is 0 Å². The molecule has 0 saturated heterocycles. The Balaban J connectivity index is 1.76. The van der Waals surface area contributed by atoms with Crippen LogP contribution in [-0.4, -0.2) is 24.2 Å². The third-order valence-electron chi connectivity index (χ3n) is 4.32. The number of hydrogen-bond donors (Lipinski definition) is 0. The average Bonchev–Trinajstić information content (AvgIpc) is 3.02. The molecule has 0 spiro atoms. The van der Waals surface area contributed by atoms with Crippen LogP contribution in [0.3, 0.4) is 0 Å². The van der Waals surface area contributed by atoms with Gasteiger partial charge in [0.25, 0.3) is 0 Å². The van der Waals surface area contributed by atoms with Crippen LogP contribution in [0.15, 0.2) is 53.2 Å². The molecular weight excluding hydrogens is 308 g/mol. The van der Waals surface area contributed by atoms with Gasteiger partial charge < -0.3 is 4.57 Å². The number of nitrogens with zero attached hydrogens (tertiary/aromatic N) is 2. The summed E-state index contributed by atoms with van der Waals surface area (Å²) in [6.07, 6.45) is 13.5. The van der Waals surface area contributed by atoms with Crippen molar-refractivity contribution in [2.24, 2.45) is 0 Å². The largest absolute Gasteiger partial charge is 0.331 e. The molecule has 4 nitrogen and oxygen atoms in total. The summed E-state index contributed by atoms with van der Waals surface area (Å²) < 4.78 is 25.2. The average molecular weight is 330 g/mol. The first-order valence-electron chi connectivity index (χ1n) is 8.03. The lowest BCUT2D eigenvalue weighted by Gasteiger charge is -2.14. The molecule has 1 aromatic heterocycles. The van der Waals surface area contributed by atoms with Crippen molar-refractivity contribution in [2.45, 2.75) is 43.5 Å². The van der Waals surface area contributed by atoms with E-state index in [9.17, 15) is 8.42 Å². The van der Waals surface area contributed by atoms with Gasteiger partial charge >= 0.3 is 0 Å². The molecule has 0 amide bonds. The van der Waals surface area contributed by atoms with Crippen molar-refractivity contribution in [1.29, 1.82) is 0 Å². The van der Waals surface area contributed by atoms with E-state index in [1.54, 1.807) is 23.9 Å². The molecular formula is C18H22N2O2S. The molecule has 1 aliphatic carbocycles. The number of benzene rings is 1. The second-order valence-corrected chi connectivity index (χ2v) is 8.11. The van der Waals surface area contributed by atoms with Gasteiger partial charge in [0.1, 0.15) is 5.82 Å². The van der Waals surface area contributed by atoms with Gasteiger partial charge in [0.05, 0.1) is 4.90 Å². The molecule has 0 N–H and O–H groups in total. The first-order valence-corrected chi connectivity index (χ1v) is 9.93. The number of sulfone groups is 1. The Hall–Kier alpha value is -1.88.